The van der Waals surface area contributed by atoms with E-state index in [9.17, 15) is 8.42 Å². The molecule has 0 amide bonds. The zero-order valence-electron chi connectivity index (χ0n) is 13.5. The van der Waals surface area contributed by atoms with E-state index in [4.69, 9.17) is 5.26 Å². The zero-order valence-corrected chi connectivity index (χ0v) is 14.3. The predicted octanol–water partition coefficient (Wildman–Crippen LogP) is 1.83. The van der Waals surface area contributed by atoms with Crippen LogP contribution in [0.4, 0.5) is 0 Å². The maximum atomic E-state index is 12.9. The zero-order chi connectivity index (χ0) is 16.3. The number of nitriles is 1. The van der Waals surface area contributed by atoms with E-state index in [-0.39, 0.29) is 0 Å². The van der Waals surface area contributed by atoms with Crippen molar-refractivity contribution in [1.29, 1.82) is 5.26 Å². The van der Waals surface area contributed by atoms with Gasteiger partial charge in [-0.3, -0.25) is 4.90 Å². The van der Waals surface area contributed by atoms with Crippen LogP contribution >= 0.6 is 0 Å². The number of sulfonamides is 1. The molecule has 0 N–H and O–H groups in total. The fraction of sp³-hybridized carbons (Fsp3) is 0.562. The Kier molecular flexibility index (Phi) is 5.22. The lowest BCUT2D eigenvalue weighted by molar-refractivity contribution is 0.191. The Morgan fingerprint density at radius 3 is 2.14 bits per heavy atom. The van der Waals surface area contributed by atoms with Gasteiger partial charge in [-0.2, -0.15) is 9.57 Å². The number of rotatable bonds is 4. The Morgan fingerprint density at radius 1 is 1.09 bits per heavy atom. The molecule has 0 saturated carbocycles. The topological polar surface area (TPSA) is 64.4 Å². The Hall–Kier alpha value is -1.42. The summed E-state index contributed by atoms with van der Waals surface area (Å²) in [6.45, 7) is 8.75. The highest BCUT2D eigenvalue weighted by Crippen LogP contribution is 2.26. The van der Waals surface area contributed by atoms with E-state index in [0.29, 0.717) is 44.0 Å². The molecule has 0 bridgehead atoms. The van der Waals surface area contributed by atoms with Gasteiger partial charge in [-0.1, -0.05) is 17.7 Å². The van der Waals surface area contributed by atoms with E-state index in [2.05, 4.69) is 11.0 Å². The summed E-state index contributed by atoms with van der Waals surface area (Å²) in [6, 6.07) is 5.97. The van der Waals surface area contributed by atoms with Crippen molar-refractivity contribution >= 4 is 10.0 Å². The molecule has 22 heavy (non-hydrogen) atoms. The molecule has 1 heterocycles. The van der Waals surface area contributed by atoms with Crippen LogP contribution in [-0.2, 0) is 10.0 Å². The molecule has 1 aromatic carbocycles. The third kappa shape index (κ3) is 3.49. The van der Waals surface area contributed by atoms with Gasteiger partial charge in [0, 0.05) is 39.1 Å². The van der Waals surface area contributed by atoms with E-state index < -0.39 is 10.0 Å². The summed E-state index contributed by atoms with van der Waals surface area (Å²) in [5.74, 6) is 0. The lowest BCUT2D eigenvalue weighted by atomic mass is 10.1. The molecule has 0 radical (unpaired) electrons. The third-order valence-corrected chi connectivity index (χ3v) is 6.28. The first kappa shape index (κ1) is 16.9. The molecule has 0 aromatic heterocycles. The van der Waals surface area contributed by atoms with Crippen LogP contribution in [0.2, 0.25) is 0 Å². The van der Waals surface area contributed by atoms with Gasteiger partial charge in [0.1, 0.15) is 0 Å². The lowest BCUT2D eigenvalue weighted by Crippen LogP contribution is -2.48. The molecule has 2 rings (SSSR count). The van der Waals surface area contributed by atoms with Crippen LogP contribution in [0.1, 0.15) is 23.1 Å². The van der Waals surface area contributed by atoms with Gasteiger partial charge in [0.15, 0.2) is 0 Å². The van der Waals surface area contributed by atoms with E-state index in [0.717, 1.165) is 16.7 Å². The van der Waals surface area contributed by atoms with Crippen molar-refractivity contribution in [2.24, 2.45) is 0 Å². The molecule has 1 aliphatic rings. The van der Waals surface area contributed by atoms with Crippen molar-refractivity contribution in [3.8, 4) is 6.07 Å². The second kappa shape index (κ2) is 6.78. The molecule has 0 aliphatic carbocycles. The third-order valence-electron chi connectivity index (χ3n) is 4.07. The summed E-state index contributed by atoms with van der Waals surface area (Å²) < 4.78 is 27.4. The average Bonchev–Trinajstić information content (AvgIpc) is 2.44. The summed E-state index contributed by atoms with van der Waals surface area (Å²) in [5.41, 5.74) is 2.70. The molecular weight excluding hydrogens is 298 g/mol. The number of piperazine rings is 1. The summed E-state index contributed by atoms with van der Waals surface area (Å²) in [4.78, 5) is 2.59. The number of hydrogen-bond donors (Lipinski definition) is 0. The highest BCUT2D eigenvalue weighted by molar-refractivity contribution is 7.89. The van der Waals surface area contributed by atoms with Gasteiger partial charge in [0.05, 0.1) is 11.0 Å². The molecule has 0 unspecified atom stereocenters. The summed E-state index contributed by atoms with van der Waals surface area (Å²) >= 11 is 0. The van der Waals surface area contributed by atoms with Gasteiger partial charge in [-0.15, -0.1) is 0 Å². The van der Waals surface area contributed by atoms with Crippen LogP contribution in [0, 0.1) is 32.1 Å². The molecule has 0 spiro atoms. The van der Waals surface area contributed by atoms with Crippen molar-refractivity contribution in [2.45, 2.75) is 32.1 Å². The second-order valence-corrected chi connectivity index (χ2v) is 7.76. The summed E-state index contributed by atoms with van der Waals surface area (Å²) in [7, 11) is -3.44. The van der Waals surface area contributed by atoms with Gasteiger partial charge >= 0.3 is 0 Å². The number of aryl methyl sites for hydroxylation is 3. The number of benzene rings is 1. The average molecular weight is 321 g/mol. The van der Waals surface area contributed by atoms with Gasteiger partial charge in [-0.25, -0.2) is 8.42 Å². The van der Waals surface area contributed by atoms with Crippen LogP contribution in [-0.4, -0.2) is 50.3 Å². The Morgan fingerprint density at radius 2 is 1.64 bits per heavy atom. The van der Waals surface area contributed by atoms with Crippen molar-refractivity contribution in [3.63, 3.8) is 0 Å². The second-order valence-electron chi connectivity index (χ2n) is 5.88. The van der Waals surface area contributed by atoms with E-state index in [1.807, 2.05) is 32.9 Å². The maximum absolute atomic E-state index is 12.9. The molecule has 1 fully saturated rings. The van der Waals surface area contributed by atoms with Gasteiger partial charge < -0.3 is 0 Å². The van der Waals surface area contributed by atoms with Crippen molar-refractivity contribution in [1.82, 2.24) is 9.21 Å². The number of hydrogen-bond acceptors (Lipinski definition) is 4. The molecule has 6 heteroatoms. The molecule has 1 aliphatic heterocycles. The minimum atomic E-state index is -3.44. The molecule has 5 nitrogen and oxygen atoms in total. The van der Waals surface area contributed by atoms with Crippen LogP contribution < -0.4 is 0 Å². The van der Waals surface area contributed by atoms with Crippen molar-refractivity contribution < 1.29 is 8.42 Å². The molecule has 120 valence electrons. The van der Waals surface area contributed by atoms with E-state index >= 15 is 0 Å². The van der Waals surface area contributed by atoms with Crippen LogP contribution in [0.15, 0.2) is 17.0 Å². The highest BCUT2D eigenvalue weighted by Gasteiger charge is 2.30. The first-order valence-corrected chi connectivity index (χ1v) is 8.97. The van der Waals surface area contributed by atoms with Gasteiger partial charge in [0.25, 0.3) is 0 Å². The Bertz CT molecular complexity index is 661. The first-order chi connectivity index (χ1) is 10.4. The number of nitrogens with zero attached hydrogens (tertiary/aromatic N) is 3. The van der Waals surface area contributed by atoms with Gasteiger partial charge in [0.2, 0.25) is 10.0 Å². The smallest absolute Gasteiger partial charge is 0.243 e. The van der Waals surface area contributed by atoms with Crippen LogP contribution in [0.5, 0.6) is 0 Å². The minimum absolute atomic E-state index is 0.448. The lowest BCUT2D eigenvalue weighted by Gasteiger charge is -2.34. The van der Waals surface area contributed by atoms with Crippen LogP contribution in [0.25, 0.3) is 0 Å². The van der Waals surface area contributed by atoms with E-state index in [1.165, 1.54) is 0 Å². The first-order valence-electron chi connectivity index (χ1n) is 7.53. The summed E-state index contributed by atoms with van der Waals surface area (Å²) in [5, 5.41) is 8.63. The Labute approximate surface area is 133 Å². The molecule has 1 aromatic rings. The Balaban J connectivity index is 2.18. The largest absolute Gasteiger partial charge is 0.300 e. The monoisotopic (exact) mass is 321 g/mol. The molecule has 0 atom stereocenters. The normalized spacial score (nSPS) is 17.4. The summed E-state index contributed by atoms with van der Waals surface area (Å²) in [6.07, 6.45) is 0.489. The van der Waals surface area contributed by atoms with Crippen molar-refractivity contribution in [2.75, 3.05) is 32.7 Å². The van der Waals surface area contributed by atoms with Gasteiger partial charge in [-0.05, 0) is 31.9 Å². The minimum Gasteiger partial charge on any atom is -0.300 e. The standard InChI is InChI=1S/C16H23N3O2S/c1-13-11-14(2)16(15(3)12-13)22(20,21)19-9-7-18(8-10-19)6-4-5-17/h11-12H,4,6-10H2,1-3H3. The SMILES string of the molecule is Cc1cc(C)c(S(=O)(=O)N2CCN(CCC#N)CC2)c(C)c1. The van der Waals surface area contributed by atoms with E-state index in [1.54, 1.807) is 4.31 Å². The quantitative estimate of drug-likeness (QED) is 0.849. The fourth-order valence-electron chi connectivity index (χ4n) is 3.10. The molecule has 1 saturated heterocycles. The molecular formula is C16H23N3O2S. The maximum Gasteiger partial charge on any atom is 0.243 e. The fourth-order valence-corrected chi connectivity index (χ4v) is 4.94. The van der Waals surface area contributed by atoms with Crippen LogP contribution in [0.3, 0.4) is 0 Å². The predicted molar refractivity (Wildman–Crippen MR) is 86.1 cm³/mol. The highest BCUT2D eigenvalue weighted by atomic mass is 32.2. The van der Waals surface area contributed by atoms with Crippen molar-refractivity contribution in [3.05, 3.63) is 28.8 Å².